The molecular weight excluding hydrogens is 344 g/mol. The van der Waals surface area contributed by atoms with Crippen LogP contribution >= 0.6 is 0 Å². The highest BCUT2D eigenvalue weighted by atomic mass is 16.5. The summed E-state index contributed by atoms with van der Waals surface area (Å²) < 4.78 is 7.64. The Labute approximate surface area is 158 Å². The second-order valence-electron chi connectivity index (χ2n) is 6.50. The summed E-state index contributed by atoms with van der Waals surface area (Å²) in [6.07, 6.45) is 0.518. The number of ketones is 1. The maximum absolute atomic E-state index is 11.5. The topological polar surface area (TPSA) is 84.6 Å². The summed E-state index contributed by atoms with van der Waals surface area (Å²) in [6.45, 7) is 2.05. The maximum Gasteiger partial charge on any atom is 0.159 e. The molecule has 142 valence electrons. The molecule has 6 heteroatoms. The number of aliphatic hydroxyl groups excluding tert-OH is 2. The third-order valence-electron chi connectivity index (χ3n) is 4.37. The number of benzene rings is 2. The zero-order valence-corrected chi connectivity index (χ0v) is 15.3. The van der Waals surface area contributed by atoms with Crippen LogP contribution in [0, 0.1) is 0 Å². The van der Waals surface area contributed by atoms with Gasteiger partial charge in [-0.15, -0.1) is 0 Å². The lowest BCUT2D eigenvalue weighted by molar-refractivity contribution is 0.0924. The molecule has 2 aromatic carbocycles. The van der Waals surface area contributed by atoms with Crippen molar-refractivity contribution in [3.05, 3.63) is 59.9 Å². The number of imidazole rings is 1. The molecule has 0 bridgehead atoms. The van der Waals surface area contributed by atoms with Crippen LogP contribution in [0.5, 0.6) is 5.75 Å². The summed E-state index contributed by atoms with van der Waals surface area (Å²) in [5.74, 6) is 1.36. The molecular formula is C21H24N2O4. The lowest BCUT2D eigenvalue weighted by Gasteiger charge is -2.16. The van der Waals surface area contributed by atoms with E-state index in [1.54, 1.807) is 24.3 Å². The second-order valence-corrected chi connectivity index (χ2v) is 6.50. The molecule has 0 aliphatic heterocycles. The number of hydrogen-bond donors (Lipinski definition) is 2. The Kier molecular flexibility index (Phi) is 6.21. The number of aryl methyl sites for hydroxylation is 1. The SMILES string of the molecule is CC(=O)c1cccc(OCC(O)Cn2c(CCCO)nc3ccccc32)c1. The Morgan fingerprint density at radius 2 is 2.04 bits per heavy atom. The molecule has 0 spiro atoms. The summed E-state index contributed by atoms with van der Waals surface area (Å²) in [5.41, 5.74) is 2.39. The van der Waals surface area contributed by atoms with Gasteiger partial charge in [0.2, 0.25) is 0 Å². The molecule has 0 aliphatic rings. The van der Waals surface area contributed by atoms with Crippen molar-refractivity contribution in [2.75, 3.05) is 13.2 Å². The van der Waals surface area contributed by atoms with Gasteiger partial charge in [-0.3, -0.25) is 4.79 Å². The number of ether oxygens (including phenoxy) is 1. The van der Waals surface area contributed by atoms with Crippen molar-refractivity contribution in [2.24, 2.45) is 0 Å². The Morgan fingerprint density at radius 1 is 1.22 bits per heavy atom. The average molecular weight is 368 g/mol. The third-order valence-corrected chi connectivity index (χ3v) is 4.37. The first-order valence-electron chi connectivity index (χ1n) is 9.05. The number of fused-ring (bicyclic) bond motifs is 1. The first kappa shape index (κ1) is 19.1. The number of Topliss-reactive ketones (excluding diaryl/α,β-unsaturated/α-hetero) is 1. The van der Waals surface area contributed by atoms with E-state index in [1.807, 2.05) is 28.8 Å². The standard InChI is InChI=1S/C21H24N2O4/c1-15(25)16-6-4-7-18(12-16)27-14-17(26)13-23-20-9-3-2-8-19(20)22-21(23)10-5-11-24/h2-4,6-9,12,17,24,26H,5,10-11,13-14H2,1H3. The number of carbonyl (C=O) groups excluding carboxylic acids is 1. The van der Waals surface area contributed by atoms with Gasteiger partial charge in [0.1, 0.15) is 24.3 Å². The van der Waals surface area contributed by atoms with Crippen molar-refractivity contribution < 1.29 is 19.7 Å². The van der Waals surface area contributed by atoms with Crippen LogP contribution in [0.4, 0.5) is 0 Å². The average Bonchev–Trinajstić information content (AvgIpc) is 3.02. The number of para-hydroxylation sites is 2. The van der Waals surface area contributed by atoms with Crippen molar-refractivity contribution in [2.45, 2.75) is 32.4 Å². The number of hydrogen-bond acceptors (Lipinski definition) is 5. The molecule has 2 N–H and O–H groups in total. The monoisotopic (exact) mass is 368 g/mol. The zero-order chi connectivity index (χ0) is 19.2. The Balaban J connectivity index is 1.71. The molecule has 0 saturated carbocycles. The maximum atomic E-state index is 11.5. The van der Waals surface area contributed by atoms with E-state index >= 15 is 0 Å². The minimum Gasteiger partial charge on any atom is -0.491 e. The number of carbonyl (C=O) groups is 1. The largest absolute Gasteiger partial charge is 0.491 e. The summed E-state index contributed by atoms with van der Waals surface area (Å²) in [7, 11) is 0. The molecule has 1 aromatic heterocycles. The van der Waals surface area contributed by atoms with Gasteiger partial charge in [0.25, 0.3) is 0 Å². The van der Waals surface area contributed by atoms with E-state index in [1.165, 1.54) is 6.92 Å². The number of nitrogens with zero attached hydrogens (tertiary/aromatic N) is 2. The number of aromatic nitrogens is 2. The quantitative estimate of drug-likeness (QED) is 0.567. The third kappa shape index (κ3) is 4.72. The lowest BCUT2D eigenvalue weighted by Crippen LogP contribution is -2.24. The molecule has 0 radical (unpaired) electrons. The molecule has 3 rings (SSSR count). The van der Waals surface area contributed by atoms with Crippen molar-refractivity contribution >= 4 is 16.8 Å². The summed E-state index contributed by atoms with van der Waals surface area (Å²) in [5, 5.41) is 19.6. The minimum absolute atomic E-state index is 0.0283. The Hall–Kier alpha value is -2.70. The van der Waals surface area contributed by atoms with Crippen LogP contribution in [0.25, 0.3) is 11.0 Å². The van der Waals surface area contributed by atoms with Crippen molar-refractivity contribution in [1.29, 1.82) is 0 Å². The van der Waals surface area contributed by atoms with Gasteiger partial charge in [-0.25, -0.2) is 4.98 Å². The van der Waals surface area contributed by atoms with E-state index < -0.39 is 6.10 Å². The molecule has 3 aromatic rings. The van der Waals surface area contributed by atoms with E-state index in [0.29, 0.717) is 30.7 Å². The fourth-order valence-electron chi connectivity index (χ4n) is 3.02. The lowest BCUT2D eigenvalue weighted by atomic mass is 10.1. The molecule has 27 heavy (non-hydrogen) atoms. The molecule has 1 heterocycles. The van der Waals surface area contributed by atoms with Crippen molar-refractivity contribution in [1.82, 2.24) is 9.55 Å². The highest BCUT2D eigenvalue weighted by Gasteiger charge is 2.15. The van der Waals surface area contributed by atoms with E-state index in [4.69, 9.17) is 9.84 Å². The van der Waals surface area contributed by atoms with Gasteiger partial charge in [0.05, 0.1) is 17.6 Å². The number of aliphatic hydroxyl groups is 2. The van der Waals surface area contributed by atoms with Crippen LogP contribution in [0.1, 0.15) is 29.5 Å². The second kappa shape index (κ2) is 8.79. The van der Waals surface area contributed by atoms with E-state index in [-0.39, 0.29) is 19.0 Å². The smallest absolute Gasteiger partial charge is 0.159 e. The van der Waals surface area contributed by atoms with Gasteiger partial charge >= 0.3 is 0 Å². The normalized spacial score (nSPS) is 12.3. The van der Waals surface area contributed by atoms with E-state index in [9.17, 15) is 9.90 Å². The molecule has 1 atom stereocenters. The van der Waals surface area contributed by atoms with Crippen LogP contribution in [-0.2, 0) is 13.0 Å². The minimum atomic E-state index is -0.739. The van der Waals surface area contributed by atoms with Crippen molar-refractivity contribution in [3.63, 3.8) is 0 Å². The first-order chi connectivity index (χ1) is 13.1. The molecule has 0 saturated heterocycles. The Morgan fingerprint density at radius 3 is 2.81 bits per heavy atom. The summed E-state index contributed by atoms with van der Waals surface area (Å²) in [4.78, 5) is 16.1. The van der Waals surface area contributed by atoms with Gasteiger partial charge in [-0.1, -0.05) is 24.3 Å². The van der Waals surface area contributed by atoms with Crippen LogP contribution in [0.3, 0.4) is 0 Å². The predicted octanol–water partition coefficient (Wildman–Crippen LogP) is 2.60. The Bertz CT molecular complexity index is 919. The van der Waals surface area contributed by atoms with Crippen LogP contribution in [-0.4, -0.2) is 44.9 Å². The van der Waals surface area contributed by atoms with Gasteiger partial charge in [0.15, 0.2) is 5.78 Å². The number of rotatable bonds is 9. The van der Waals surface area contributed by atoms with Crippen LogP contribution < -0.4 is 4.74 Å². The summed E-state index contributed by atoms with van der Waals surface area (Å²) in [6, 6.07) is 14.7. The van der Waals surface area contributed by atoms with Gasteiger partial charge in [0, 0.05) is 18.6 Å². The van der Waals surface area contributed by atoms with Crippen LogP contribution in [0.15, 0.2) is 48.5 Å². The van der Waals surface area contributed by atoms with E-state index in [0.717, 1.165) is 16.9 Å². The summed E-state index contributed by atoms with van der Waals surface area (Å²) >= 11 is 0. The molecule has 6 nitrogen and oxygen atoms in total. The highest BCUT2D eigenvalue weighted by Crippen LogP contribution is 2.19. The molecule has 0 amide bonds. The zero-order valence-electron chi connectivity index (χ0n) is 15.3. The van der Waals surface area contributed by atoms with Gasteiger partial charge in [-0.05, 0) is 37.6 Å². The van der Waals surface area contributed by atoms with E-state index in [2.05, 4.69) is 4.98 Å². The predicted molar refractivity (Wildman–Crippen MR) is 103 cm³/mol. The van der Waals surface area contributed by atoms with Gasteiger partial charge < -0.3 is 19.5 Å². The highest BCUT2D eigenvalue weighted by molar-refractivity contribution is 5.94. The molecule has 0 aliphatic carbocycles. The fourth-order valence-corrected chi connectivity index (χ4v) is 3.02. The molecule has 1 unspecified atom stereocenters. The first-order valence-corrected chi connectivity index (χ1v) is 9.05. The van der Waals surface area contributed by atoms with Crippen LogP contribution in [0.2, 0.25) is 0 Å². The van der Waals surface area contributed by atoms with Gasteiger partial charge in [-0.2, -0.15) is 0 Å². The molecule has 0 fully saturated rings. The fraction of sp³-hybridized carbons (Fsp3) is 0.333. The van der Waals surface area contributed by atoms with Crippen molar-refractivity contribution in [3.8, 4) is 5.75 Å².